The lowest BCUT2D eigenvalue weighted by molar-refractivity contribution is -0.385. The predicted molar refractivity (Wildman–Crippen MR) is 93.8 cm³/mol. The second-order valence-electron chi connectivity index (χ2n) is 5.43. The molecule has 134 valence electrons. The van der Waals surface area contributed by atoms with Gasteiger partial charge in [-0.2, -0.15) is 0 Å². The number of nitrogens with two attached hydrogens (primary N) is 1. The summed E-state index contributed by atoms with van der Waals surface area (Å²) in [6.45, 7) is 1.24. The molecule has 0 aromatic heterocycles. The Hall–Kier alpha value is -3.75. The fourth-order valence-corrected chi connectivity index (χ4v) is 2.13. The Balaban J connectivity index is 1.94. The van der Waals surface area contributed by atoms with E-state index in [1.807, 2.05) is 0 Å². The Labute approximate surface area is 148 Å². The van der Waals surface area contributed by atoms with E-state index in [1.165, 1.54) is 36.4 Å². The van der Waals surface area contributed by atoms with Crippen LogP contribution in [0.3, 0.4) is 0 Å². The Morgan fingerprint density at radius 3 is 2.27 bits per heavy atom. The zero-order chi connectivity index (χ0) is 19.3. The van der Waals surface area contributed by atoms with Crippen LogP contribution >= 0.6 is 0 Å². The largest absolute Gasteiger partial charge is 0.366 e. The summed E-state index contributed by atoms with van der Waals surface area (Å²) >= 11 is 0. The molecule has 0 saturated carbocycles. The van der Waals surface area contributed by atoms with Gasteiger partial charge in [-0.1, -0.05) is 6.07 Å². The minimum atomic E-state index is -0.604. The van der Waals surface area contributed by atoms with Crippen molar-refractivity contribution in [1.29, 1.82) is 0 Å². The highest BCUT2D eigenvalue weighted by molar-refractivity contribution is 6.00. The molecule has 0 bridgehead atoms. The van der Waals surface area contributed by atoms with Crippen LogP contribution in [-0.2, 0) is 4.79 Å². The molecule has 0 atom stereocenters. The van der Waals surface area contributed by atoms with Gasteiger partial charge in [0, 0.05) is 28.4 Å². The maximum atomic E-state index is 12.0. The molecule has 0 saturated heterocycles. The van der Waals surface area contributed by atoms with E-state index in [0.717, 1.165) is 6.07 Å². The number of nitro benzene ring substituents is 1. The van der Waals surface area contributed by atoms with Crippen molar-refractivity contribution in [3.63, 3.8) is 0 Å². The number of hydrogen-bond acceptors (Lipinski definition) is 5. The van der Waals surface area contributed by atoms with Crippen molar-refractivity contribution in [2.24, 2.45) is 5.73 Å². The van der Waals surface area contributed by atoms with Gasteiger partial charge in [0.05, 0.1) is 11.5 Å². The third-order valence-electron chi connectivity index (χ3n) is 3.53. The number of amides is 3. The van der Waals surface area contributed by atoms with Crippen LogP contribution in [0.5, 0.6) is 0 Å². The van der Waals surface area contributed by atoms with Crippen molar-refractivity contribution < 1.29 is 19.3 Å². The van der Waals surface area contributed by atoms with E-state index in [1.54, 1.807) is 6.92 Å². The fraction of sp³-hybridized carbons (Fsp3) is 0.118. The van der Waals surface area contributed by atoms with Crippen molar-refractivity contribution >= 4 is 29.1 Å². The van der Waals surface area contributed by atoms with Gasteiger partial charge in [0.2, 0.25) is 11.8 Å². The molecule has 0 fully saturated rings. The van der Waals surface area contributed by atoms with Crippen molar-refractivity contribution in [2.45, 2.75) is 6.92 Å². The van der Waals surface area contributed by atoms with Gasteiger partial charge in [-0.3, -0.25) is 24.5 Å². The van der Waals surface area contributed by atoms with Crippen LogP contribution in [0.15, 0.2) is 42.5 Å². The van der Waals surface area contributed by atoms with Crippen LogP contribution in [0, 0.1) is 17.0 Å². The molecule has 2 rings (SSSR count). The molecule has 0 heterocycles. The molecule has 4 N–H and O–H groups in total. The quantitative estimate of drug-likeness (QED) is 0.529. The SMILES string of the molecule is Cc1ccc(C(=O)NCC(=O)Nc2ccc(C(N)=O)cc2)cc1[N+](=O)[O-]. The normalized spacial score (nSPS) is 10.0. The van der Waals surface area contributed by atoms with E-state index in [-0.39, 0.29) is 17.8 Å². The van der Waals surface area contributed by atoms with Gasteiger partial charge in [-0.05, 0) is 37.3 Å². The first kappa shape index (κ1) is 18.6. The van der Waals surface area contributed by atoms with Crippen LogP contribution in [0.1, 0.15) is 26.3 Å². The maximum absolute atomic E-state index is 12.0. The molecule has 2 aromatic carbocycles. The van der Waals surface area contributed by atoms with Gasteiger partial charge in [-0.25, -0.2) is 0 Å². The number of carbonyl (C=O) groups is 3. The summed E-state index contributed by atoms with van der Waals surface area (Å²) in [5.74, 6) is -1.68. The van der Waals surface area contributed by atoms with Gasteiger partial charge >= 0.3 is 0 Å². The Morgan fingerprint density at radius 1 is 1.08 bits per heavy atom. The number of anilines is 1. The monoisotopic (exact) mass is 356 g/mol. The molecular weight excluding hydrogens is 340 g/mol. The summed E-state index contributed by atoms with van der Waals surface area (Å²) in [5.41, 5.74) is 6.21. The predicted octanol–water partition coefficient (Wildman–Crippen LogP) is 1.37. The van der Waals surface area contributed by atoms with Crippen molar-refractivity contribution in [3.8, 4) is 0 Å². The van der Waals surface area contributed by atoms with E-state index >= 15 is 0 Å². The highest BCUT2D eigenvalue weighted by Gasteiger charge is 2.15. The zero-order valence-electron chi connectivity index (χ0n) is 13.8. The molecular formula is C17H16N4O5. The molecule has 0 aliphatic rings. The number of aryl methyl sites for hydroxylation is 1. The van der Waals surface area contributed by atoms with Crippen molar-refractivity contribution in [3.05, 3.63) is 69.3 Å². The van der Waals surface area contributed by atoms with Crippen LogP contribution in [0.25, 0.3) is 0 Å². The summed E-state index contributed by atoms with van der Waals surface area (Å²) in [4.78, 5) is 45.2. The Kier molecular flexibility index (Phi) is 5.63. The molecule has 0 aliphatic carbocycles. The van der Waals surface area contributed by atoms with E-state index in [2.05, 4.69) is 10.6 Å². The number of hydrogen-bond donors (Lipinski definition) is 3. The molecule has 3 amide bonds. The van der Waals surface area contributed by atoms with Crippen molar-refractivity contribution in [1.82, 2.24) is 5.32 Å². The topological polar surface area (TPSA) is 144 Å². The average Bonchev–Trinajstić information content (AvgIpc) is 2.60. The van der Waals surface area contributed by atoms with Gasteiger partial charge in [-0.15, -0.1) is 0 Å². The van der Waals surface area contributed by atoms with Gasteiger partial charge in [0.1, 0.15) is 0 Å². The molecule has 0 unspecified atom stereocenters. The van der Waals surface area contributed by atoms with E-state index in [0.29, 0.717) is 16.8 Å². The Morgan fingerprint density at radius 2 is 1.69 bits per heavy atom. The second kappa shape index (κ2) is 7.88. The number of nitrogens with one attached hydrogen (secondary N) is 2. The maximum Gasteiger partial charge on any atom is 0.273 e. The first-order valence-corrected chi connectivity index (χ1v) is 7.51. The number of rotatable bonds is 6. The first-order valence-electron chi connectivity index (χ1n) is 7.51. The number of benzene rings is 2. The third kappa shape index (κ3) is 4.63. The van der Waals surface area contributed by atoms with Gasteiger partial charge in [0.25, 0.3) is 11.6 Å². The highest BCUT2D eigenvalue weighted by atomic mass is 16.6. The molecule has 9 nitrogen and oxygen atoms in total. The lowest BCUT2D eigenvalue weighted by Gasteiger charge is -2.08. The summed E-state index contributed by atoms with van der Waals surface area (Å²) < 4.78 is 0. The smallest absolute Gasteiger partial charge is 0.273 e. The van der Waals surface area contributed by atoms with E-state index in [9.17, 15) is 24.5 Å². The van der Waals surface area contributed by atoms with Crippen LogP contribution < -0.4 is 16.4 Å². The molecule has 26 heavy (non-hydrogen) atoms. The fourth-order valence-electron chi connectivity index (χ4n) is 2.13. The lowest BCUT2D eigenvalue weighted by Crippen LogP contribution is -2.32. The molecule has 2 aromatic rings. The summed E-state index contributed by atoms with van der Waals surface area (Å²) in [7, 11) is 0. The molecule has 0 spiro atoms. The Bertz CT molecular complexity index is 877. The summed E-state index contributed by atoms with van der Waals surface area (Å²) in [6.07, 6.45) is 0. The van der Waals surface area contributed by atoms with Gasteiger partial charge < -0.3 is 16.4 Å². The second-order valence-corrected chi connectivity index (χ2v) is 5.43. The summed E-state index contributed by atoms with van der Waals surface area (Å²) in [5, 5.41) is 15.8. The number of nitrogens with zero attached hydrogens (tertiary/aromatic N) is 1. The minimum absolute atomic E-state index is 0.0842. The minimum Gasteiger partial charge on any atom is -0.366 e. The molecule has 9 heteroatoms. The zero-order valence-corrected chi connectivity index (χ0v) is 13.8. The number of carbonyl (C=O) groups excluding carboxylic acids is 3. The third-order valence-corrected chi connectivity index (χ3v) is 3.53. The standard InChI is InChI=1S/C17H16N4O5/c1-10-2-3-12(8-14(10)21(25)26)17(24)19-9-15(22)20-13-6-4-11(5-7-13)16(18)23/h2-8H,9H2,1H3,(H2,18,23)(H,19,24)(H,20,22). The molecule has 0 radical (unpaired) electrons. The highest BCUT2D eigenvalue weighted by Crippen LogP contribution is 2.19. The first-order chi connectivity index (χ1) is 12.3. The summed E-state index contributed by atoms with van der Waals surface area (Å²) in [6, 6.07) is 9.99. The van der Waals surface area contributed by atoms with Crippen molar-refractivity contribution in [2.75, 3.05) is 11.9 Å². The average molecular weight is 356 g/mol. The lowest BCUT2D eigenvalue weighted by atomic mass is 10.1. The van der Waals surface area contributed by atoms with E-state index < -0.39 is 22.6 Å². The van der Waals surface area contributed by atoms with E-state index in [4.69, 9.17) is 5.73 Å². The number of primary amides is 1. The molecule has 0 aliphatic heterocycles. The number of nitro groups is 1. The van der Waals surface area contributed by atoms with Crippen LogP contribution in [0.2, 0.25) is 0 Å². The van der Waals surface area contributed by atoms with Gasteiger partial charge in [0.15, 0.2) is 0 Å². The van der Waals surface area contributed by atoms with Crippen LogP contribution in [-0.4, -0.2) is 29.2 Å². The van der Waals surface area contributed by atoms with Crippen LogP contribution in [0.4, 0.5) is 11.4 Å².